The van der Waals surface area contributed by atoms with Gasteiger partial charge >= 0.3 is 0 Å². The number of amides is 1. The highest BCUT2D eigenvalue weighted by Gasteiger charge is 2.24. The van der Waals surface area contributed by atoms with Crippen LogP contribution in [0.25, 0.3) is 0 Å². The van der Waals surface area contributed by atoms with Crippen molar-refractivity contribution in [1.29, 1.82) is 0 Å². The fourth-order valence-corrected chi connectivity index (χ4v) is 0.696. The van der Waals surface area contributed by atoms with Gasteiger partial charge in [-0.1, -0.05) is 0 Å². The van der Waals surface area contributed by atoms with Gasteiger partial charge in [0, 0.05) is 6.61 Å². The van der Waals surface area contributed by atoms with E-state index < -0.39 is 5.54 Å². The first kappa shape index (κ1) is 12.3. The summed E-state index contributed by atoms with van der Waals surface area (Å²) < 4.78 is 4.85. The van der Waals surface area contributed by atoms with Gasteiger partial charge in [-0.3, -0.25) is 4.79 Å². The summed E-state index contributed by atoms with van der Waals surface area (Å²) in [4.78, 5) is 11.1. The average molecular weight is 191 g/mol. The van der Waals surface area contributed by atoms with E-state index in [4.69, 9.17) is 14.9 Å². The van der Waals surface area contributed by atoms with Crippen molar-refractivity contribution < 1.29 is 19.7 Å². The van der Waals surface area contributed by atoms with Crippen LogP contribution in [0.4, 0.5) is 0 Å². The molecule has 0 aromatic rings. The van der Waals surface area contributed by atoms with Crippen molar-refractivity contribution in [3.05, 3.63) is 0 Å². The number of nitrogens with one attached hydrogen (secondary N) is 1. The molecule has 0 unspecified atom stereocenters. The molecular weight excluding hydrogens is 174 g/mol. The normalized spacial score (nSPS) is 11.4. The second-order valence-corrected chi connectivity index (χ2v) is 3.06. The number of rotatable bonds is 6. The SMILES string of the molecule is CCOCC(=O)NC(C)(CO)CO. The second kappa shape index (κ2) is 5.90. The number of aliphatic hydroxyl groups is 2. The first-order chi connectivity index (χ1) is 6.08. The molecule has 0 fully saturated rings. The molecule has 0 bridgehead atoms. The standard InChI is InChI=1S/C8H17NO4/c1-3-13-4-7(12)9-8(2,5-10)6-11/h10-11H,3-6H2,1-2H3,(H,9,12). The Hall–Kier alpha value is -0.650. The van der Waals surface area contributed by atoms with Gasteiger partial charge in [0.05, 0.1) is 18.8 Å². The Morgan fingerprint density at radius 2 is 2.00 bits per heavy atom. The van der Waals surface area contributed by atoms with Crippen molar-refractivity contribution >= 4 is 5.91 Å². The molecule has 0 aliphatic rings. The van der Waals surface area contributed by atoms with E-state index in [1.54, 1.807) is 13.8 Å². The van der Waals surface area contributed by atoms with Crippen molar-refractivity contribution in [2.24, 2.45) is 0 Å². The summed E-state index contributed by atoms with van der Waals surface area (Å²) in [6.07, 6.45) is 0. The molecule has 5 nitrogen and oxygen atoms in total. The van der Waals surface area contributed by atoms with Gasteiger partial charge in [-0.2, -0.15) is 0 Å². The maximum absolute atomic E-state index is 11.1. The summed E-state index contributed by atoms with van der Waals surface area (Å²) in [6.45, 7) is 3.14. The highest BCUT2D eigenvalue weighted by Crippen LogP contribution is 1.99. The minimum atomic E-state index is -0.964. The third kappa shape index (κ3) is 4.82. The van der Waals surface area contributed by atoms with Gasteiger partial charge in [0.15, 0.2) is 0 Å². The highest BCUT2D eigenvalue weighted by atomic mass is 16.5. The van der Waals surface area contributed by atoms with Gasteiger partial charge in [-0.05, 0) is 13.8 Å². The zero-order valence-corrected chi connectivity index (χ0v) is 8.04. The van der Waals surface area contributed by atoms with Crippen LogP contribution in [0.15, 0.2) is 0 Å². The molecule has 5 heteroatoms. The van der Waals surface area contributed by atoms with E-state index in [0.717, 1.165) is 0 Å². The Kier molecular flexibility index (Phi) is 5.61. The molecule has 0 aromatic heterocycles. The van der Waals surface area contributed by atoms with Crippen molar-refractivity contribution in [2.75, 3.05) is 26.4 Å². The van der Waals surface area contributed by atoms with Crippen LogP contribution in [0.1, 0.15) is 13.8 Å². The van der Waals surface area contributed by atoms with Crippen molar-refractivity contribution in [2.45, 2.75) is 19.4 Å². The zero-order chi connectivity index (χ0) is 10.3. The van der Waals surface area contributed by atoms with Crippen LogP contribution in [0.5, 0.6) is 0 Å². The molecule has 0 rings (SSSR count). The molecule has 0 saturated heterocycles. The zero-order valence-electron chi connectivity index (χ0n) is 8.04. The Morgan fingerprint density at radius 1 is 1.46 bits per heavy atom. The Balaban J connectivity index is 3.87. The molecule has 0 aliphatic carbocycles. The van der Waals surface area contributed by atoms with Crippen molar-refractivity contribution in [1.82, 2.24) is 5.32 Å². The van der Waals surface area contributed by atoms with E-state index in [0.29, 0.717) is 6.61 Å². The molecule has 3 N–H and O–H groups in total. The molecule has 0 aromatic carbocycles. The molecule has 78 valence electrons. The summed E-state index contributed by atoms with van der Waals surface area (Å²) in [5.41, 5.74) is -0.964. The molecule has 0 aliphatic heterocycles. The van der Waals surface area contributed by atoms with Gasteiger partial charge in [0.2, 0.25) is 5.91 Å². The van der Waals surface area contributed by atoms with Gasteiger partial charge in [-0.25, -0.2) is 0 Å². The number of hydrogen-bond donors (Lipinski definition) is 3. The lowest BCUT2D eigenvalue weighted by molar-refractivity contribution is -0.128. The maximum Gasteiger partial charge on any atom is 0.246 e. The first-order valence-corrected chi connectivity index (χ1v) is 4.18. The van der Waals surface area contributed by atoms with Crippen LogP contribution in [-0.4, -0.2) is 48.1 Å². The van der Waals surface area contributed by atoms with E-state index in [1.165, 1.54) is 0 Å². The van der Waals surface area contributed by atoms with E-state index in [9.17, 15) is 4.79 Å². The summed E-state index contributed by atoms with van der Waals surface area (Å²) in [5, 5.41) is 20.2. The fraction of sp³-hybridized carbons (Fsp3) is 0.875. The van der Waals surface area contributed by atoms with E-state index in [1.807, 2.05) is 0 Å². The Bertz CT molecular complexity index is 156. The van der Waals surface area contributed by atoms with Gasteiger partial charge in [0.25, 0.3) is 0 Å². The molecule has 0 atom stereocenters. The number of ether oxygens (including phenoxy) is 1. The van der Waals surface area contributed by atoms with Crippen molar-refractivity contribution in [3.63, 3.8) is 0 Å². The lowest BCUT2D eigenvalue weighted by atomic mass is 10.1. The van der Waals surface area contributed by atoms with Crippen LogP contribution in [0.2, 0.25) is 0 Å². The highest BCUT2D eigenvalue weighted by molar-refractivity contribution is 5.78. The quantitative estimate of drug-likeness (QED) is 0.497. The van der Waals surface area contributed by atoms with Gasteiger partial charge < -0.3 is 20.3 Å². The van der Waals surface area contributed by atoms with Crippen LogP contribution in [-0.2, 0) is 9.53 Å². The first-order valence-electron chi connectivity index (χ1n) is 4.18. The third-order valence-corrected chi connectivity index (χ3v) is 1.58. The summed E-state index contributed by atoms with van der Waals surface area (Å²) in [7, 11) is 0. The summed E-state index contributed by atoms with van der Waals surface area (Å²) in [5.74, 6) is -0.340. The van der Waals surface area contributed by atoms with E-state index in [-0.39, 0.29) is 25.7 Å². The molecule has 13 heavy (non-hydrogen) atoms. The predicted octanol–water partition coefficient (Wildman–Crippen LogP) is -1.12. The van der Waals surface area contributed by atoms with Crippen LogP contribution < -0.4 is 5.32 Å². The number of carbonyl (C=O) groups is 1. The summed E-state index contributed by atoms with van der Waals surface area (Å²) in [6, 6.07) is 0. The lowest BCUT2D eigenvalue weighted by Gasteiger charge is -2.25. The molecule has 0 spiro atoms. The predicted molar refractivity (Wildman–Crippen MR) is 47.2 cm³/mol. The Morgan fingerprint density at radius 3 is 2.38 bits per heavy atom. The summed E-state index contributed by atoms with van der Waals surface area (Å²) >= 11 is 0. The lowest BCUT2D eigenvalue weighted by Crippen LogP contribution is -2.52. The largest absolute Gasteiger partial charge is 0.394 e. The molecule has 0 radical (unpaired) electrons. The molecule has 0 saturated carbocycles. The minimum Gasteiger partial charge on any atom is -0.394 e. The topological polar surface area (TPSA) is 78.8 Å². The molecule has 0 heterocycles. The molecular formula is C8H17NO4. The van der Waals surface area contributed by atoms with Crippen molar-refractivity contribution in [3.8, 4) is 0 Å². The Labute approximate surface area is 77.7 Å². The monoisotopic (exact) mass is 191 g/mol. The maximum atomic E-state index is 11.1. The van der Waals surface area contributed by atoms with Crippen LogP contribution >= 0.6 is 0 Å². The smallest absolute Gasteiger partial charge is 0.246 e. The van der Waals surface area contributed by atoms with Gasteiger partial charge in [-0.15, -0.1) is 0 Å². The molecule has 1 amide bonds. The van der Waals surface area contributed by atoms with E-state index >= 15 is 0 Å². The average Bonchev–Trinajstić information content (AvgIpc) is 2.14. The number of aliphatic hydroxyl groups excluding tert-OH is 2. The fourth-order valence-electron chi connectivity index (χ4n) is 0.696. The third-order valence-electron chi connectivity index (χ3n) is 1.58. The number of hydrogen-bond acceptors (Lipinski definition) is 4. The van der Waals surface area contributed by atoms with Crippen LogP contribution in [0, 0.1) is 0 Å². The van der Waals surface area contributed by atoms with E-state index in [2.05, 4.69) is 5.32 Å². The number of carbonyl (C=O) groups excluding carboxylic acids is 1. The minimum absolute atomic E-state index is 0.0495. The second-order valence-electron chi connectivity index (χ2n) is 3.06. The van der Waals surface area contributed by atoms with Gasteiger partial charge in [0.1, 0.15) is 6.61 Å². The van der Waals surface area contributed by atoms with Crippen LogP contribution in [0.3, 0.4) is 0 Å².